The highest BCUT2D eigenvalue weighted by atomic mass is 16.4. The van der Waals surface area contributed by atoms with Crippen LogP contribution in [0.3, 0.4) is 0 Å². The van der Waals surface area contributed by atoms with Gasteiger partial charge in [-0.1, -0.05) is 44.2 Å². The zero-order valence-corrected chi connectivity index (χ0v) is 13.5. The van der Waals surface area contributed by atoms with Crippen LogP contribution in [0.1, 0.15) is 32.8 Å². The fourth-order valence-electron chi connectivity index (χ4n) is 1.99. The van der Waals surface area contributed by atoms with E-state index in [0.717, 1.165) is 5.56 Å². The topological polar surface area (TPSA) is 95.5 Å². The number of nitrogens with one attached hydrogen (secondary N) is 2. The van der Waals surface area contributed by atoms with Crippen LogP contribution in [0.5, 0.6) is 0 Å². The van der Waals surface area contributed by atoms with Crippen LogP contribution in [0.25, 0.3) is 6.08 Å². The molecule has 1 aromatic carbocycles. The predicted molar refractivity (Wildman–Crippen MR) is 87.3 cm³/mol. The maximum atomic E-state index is 12.3. The summed E-state index contributed by atoms with van der Waals surface area (Å²) in [5.74, 6) is -2.03. The number of hydrogen-bond acceptors (Lipinski definition) is 3. The number of benzene rings is 1. The van der Waals surface area contributed by atoms with E-state index in [1.165, 1.54) is 13.0 Å². The molecule has 0 radical (unpaired) electrons. The van der Waals surface area contributed by atoms with E-state index in [-0.39, 0.29) is 11.6 Å². The highest BCUT2D eigenvalue weighted by molar-refractivity contribution is 6.02. The first-order valence-corrected chi connectivity index (χ1v) is 7.37. The highest BCUT2D eigenvalue weighted by Gasteiger charge is 2.23. The van der Waals surface area contributed by atoms with Crippen molar-refractivity contribution in [3.63, 3.8) is 0 Å². The molecular formula is C17H22N2O4. The summed E-state index contributed by atoms with van der Waals surface area (Å²) < 4.78 is 0. The van der Waals surface area contributed by atoms with Crippen molar-refractivity contribution in [2.24, 2.45) is 5.92 Å². The van der Waals surface area contributed by atoms with Crippen LogP contribution in [0, 0.1) is 5.92 Å². The molecule has 1 aromatic rings. The van der Waals surface area contributed by atoms with Crippen LogP contribution in [0.4, 0.5) is 0 Å². The molecule has 0 unspecified atom stereocenters. The standard InChI is InChI=1S/C17H22N2O4/c1-11(2)9-15(17(22)23)19-16(21)14(18-12(3)20)10-13-7-5-4-6-8-13/h4-8,10-11,15H,9H2,1-3H3,(H,18,20)(H,19,21)(H,22,23)/t15-/m0/s1. The SMILES string of the molecule is CC(=O)NC(=Cc1ccccc1)C(=O)N[C@@H](CC(C)C)C(=O)O. The van der Waals surface area contributed by atoms with Crippen LogP contribution >= 0.6 is 0 Å². The summed E-state index contributed by atoms with van der Waals surface area (Å²) in [4.78, 5) is 34.9. The number of hydrogen-bond donors (Lipinski definition) is 3. The molecule has 2 amide bonds. The summed E-state index contributed by atoms with van der Waals surface area (Å²) in [5.41, 5.74) is 0.737. The van der Waals surface area contributed by atoms with Gasteiger partial charge in [0.1, 0.15) is 11.7 Å². The van der Waals surface area contributed by atoms with Crippen LogP contribution in [-0.2, 0) is 14.4 Å². The van der Waals surface area contributed by atoms with Gasteiger partial charge in [-0.2, -0.15) is 0 Å². The Morgan fingerprint density at radius 1 is 1.17 bits per heavy atom. The molecule has 124 valence electrons. The number of aliphatic carboxylic acids is 1. The Balaban J connectivity index is 2.97. The first-order valence-electron chi connectivity index (χ1n) is 7.37. The molecule has 0 aliphatic rings. The second kappa shape index (κ2) is 8.73. The van der Waals surface area contributed by atoms with Crippen molar-refractivity contribution in [2.75, 3.05) is 0 Å². The Labute approximate surface area is 135 Å². The number of carbonyl (C=O) groups is 3. The lowest BCUT2D eigenvalue weighted by atomic mass is 10.0. The molecule has 3 N–H and O–H groups in total. The van der Waals surface area contributed by atoms with Gasteiger partial charge in [-0.3, -0.25) is 9.59 Å². The number of rotatable bonds is 7. The molecule has 0 saturated carbocycles. The normalized spacial score (nSPS) is 12.6. The molecule has 23 heavy (non-hydrogen) atoms. The quantitative estimate of drug-likeness (QED) is 0.668. The van der Waals surface area contributed by atoms with E-state index in [9.17, 15) is 19.5 Å². The lowest BCUT2D eigenvalue weighted by Crippen LogP contribution is -2.44. The van der Waals surface area contributed by atoms with Gasteiger partial charge in [0, 0.05) is 6.92 Å². The number of amides is 2. The monoisotopic (exact) mass is 318 g/mol. The van der Waals surface area contributed by atoms with Crippen molar-refractivity contribution in [3.05, 3.63) is 41.6 Å². The smallest absolute Gasteiger partial charge is 0.326 e. The van der Waals surface area contributed by atoms with E-state index in [4.69, 9.17) is 0 Å². The van der Waals surface area contributed by atoms with Gasteiger partial charge in [-0.25, -0.2) is 4.79 Å². The van der Waals surface area contributed by atoms with Gasteiger partial charge in [0.05, 0.1) is 0 Å². The van der Waals surface area contributed by atoms with Gasteiger partial charge in [-0.05, 0) is 24.0 Å². The van der Waals surface area contributed by atoms with Crippen LogP contribution in [0.15, 0.2) is 36.0 Å². The lowest BCUT2D eigenvalue weighted by molar-refractivity contribution is -0.141. The zero-order valence-electron chi connectivity index (χ0n) is 13.5. The van der Waals surface area contributed by atoms with E-state index < -0.39 is 23.8 Å². The molecular weight excluding hydrogens is 296 g/mol. The number of carbonyl (C=O) groups excluding carboxylic acids is 2. The second-order valence-corrected chi connectivity index (χ2v) is 5.64. The van der Waals surface area contributed by atoms with Gasteiger partial charge in [-0.15, -0.1) is 0 Å². The fourth-order valence-corrected chi connectivity index (χ4v) is 1.99. The summed E-state index contributed by atoms with van der Waals surface area (Å²) in [6.07, 6.45) is 1.81. The van der Waals surface area contributed by atoms with Crippen molar-refractivity contribution in [1.29, 1.82) is 0 Å². The molecule has 0 fully saturated rings. The number of carboxylic acids is 1. The zero-order chi connectivity index (χ0) is 17.4. The molecule has 1 atom stereocenters. The summed E-state index contributed by atoms with van der Waals surface area (Å²) in [5, 5.41) is 14.1. The molecule has 0 saturated heterocycles. The largest absolute Gasteiger partial charge is 0.480 e. The maximum absolute atomic E-state index is 12.3. The van der Waals surface area contributed by atoms with E-state index >= 15 is 0 Å². The average Bonchev–Trinajstić information content (AvgIpc) is 2.45. The van der Waals surface area contributed by atoms with Crippen LogP contribution in [-0.4, -0.2) is 28.9 Å². The summed E-state index contributed by atoms with van der Waals surface area (Å²) >= 11 is 0. The fraction of sp³-hybridized carbons (Fsp3) is 0.353. The van der Waals surface area contributed by atoms with Gasteiger partial charge in [0.25, 0.3) is 5.91 Å². The van der Waals surface area contributed by atoms with Crippen molar-refractivity contribution in [2.45, 2.75) is 33.2 Å². The Bertz CT molecular complexity index is 594. The lowest BCUT2D eigenvalue weighted by Gasteiger charge is -2.17. The molecule has 0 aliphatic carbocycles. The molecule has 6 heteroatoms. The summed E-state index contributed by atoms with van der Waals surface area (Å²) in [7, 11) is 0. The molecule has 1 rings (SSSR count). The highest BCUT2D eigenvalue weighted by Crippen LogP contribution is 2.08. The Morgan fingerprint density at radius 2 is 1.78 bits per heavy atom. The third-order valence-electron chi connectivity index (χ3n) is 2.98. The van der Waals surface area contributed by atoms with E-state index in [2.05, 4.69) is 10.6 Å². The Morgan fingerprint density at radius 3 is 2.26 bits per heavy atom. The van der Waals surface area contributed by atoms with E-state index in [1.54, 1.807) is 24.3 Å². The Kier molecular flexibility index (Phi) is 6.99. The van der Waals surface area contributed by atoms with Crippen molar-refractivity contribution >= 4 is 23.9 Å². The van der Waals surface area contributed by atoms with E-state index in [0.29, 0.717) is 6.42 Å². The minimum absolute atomic E-state index is 0.0127. The van der Waals surface area contributed by atoms with Crippen molar-refractivity contribution in [3.8, 4) is 0 Å². The second-order valence-electron chi connectivity index (χ2n) is 5.64. The minimum atomic E-state index is -1.10. The molecule has 0 spiro atoms. The summed E-state index contributed by atoms with van der Waals surface area (Å²) in [6.45, 7) is 5.03. The molecule has 0 aliphatic heterocycles. The Hall–Kier alpha value is -2.63. The van der Waals surface area contributed by atoms with Crippen LogP contribution in [0.2, 0.25) is 0 Å². The van der Waals surface area contributed by atoms with Crippen LogP contribution < -0.4 is 10.6 Å². The third kappa shape index (κ3) is 6.78. The van der Waals surface area contributed by atoms with Gasteiger partial charge in [0.2, 0.25) is 5.91 Å². The first kappa shape index (κ1) is 18.4. The molecule has 6 nitrogen and oxygen atoms in total. The first-order chi connectivity index (χ1) is 10.8. The minimum Gasteiger partial charge on any atom is -0.480 e. The van der Waals surface area contributed by atoms with Gasteiger partial charge < -0.3 is 15.7 Å². The predicted octanol–water partition coefficient (Wildman–Crippen LogP) is 1.78. The third-order valence-corrected chi connectivity index (χ3v) is 2.98. The van der Waals surface area contributed by atoms with Gasteiger partial charge >= 0.3 is 5.97 Å². The summed E-state index contributed by atoms with van der Waals surface area (Å²) in [6, 6.07) is 7.98. The van der Waals surface area contributed by atoms with Crippen molar-refractivity contribution < 1.29 is 19.5 Å². The number of carboxylic acid groups (broad SMARTS) is 1. The molecule has 0 aromatic heterocycles. The maximum Gasteiger partial charge on any atom is 0.326 e. The molecule has 0 heterocycles. The molecule has 0 bridgehead atoms. The van der Waals surface area contributed by atoms with Gasteiger partial charge in [0.15, 0.2) is 0 Å². The van der Waals surface area contributed by atoms with E-state index in [1.807, 2.05) is 19.9 Å². The van der Waals surface area contributed by atoms with Crippen molar-refractivity contribution in [1.82, 2.24) is 10.6 Å². The average molecular weight is 318 g/mol.